The van der Waals surface area contributed by atoms with Crippen LogP contribution >= 0.6 is 15.9 Å². The zero-order chi connectivity index (χ0) is 14.7. The van der Waals surface area contributed by atoms with E-state index in [9.17, 15) is 0 Å². The lowest BCUT2D eigenvalue weighted by Crippen LogP contribution is -2.45. The number of rotatable bonds is 4. The van der Waals surface area contributed by atoms with Crippen molar-refractivity contribution in [2.45, 2.75) is 13.1 Å². The number of aryl methyl sites for hydroxylation is 1. The number of hydrogen-bond acceptors (Lipinski definition) is 3. The zero-order valence-electron chi connectivity index (χ0n) is 12.4. The van der Waals surface area contributed by atoms with Gasteiger partial charge in [-0.15, -0.1) is 0 Å². The van der Waals surface area contributed by atoms with Gasteiger partial charge in [0.15, 0.2) is 0 Å². The lowest BCUT2D eigenvalue weighted by atomic mass is 10.2. The first-order valence-electron chi connectivity index (χ1n) is 7.36. The van der Waals surface area contributed by atoms with Crippen molar-refractivity contribution in [2.75, 3.05) is 26.2 Å². The fourth-order valence-corrected chi connectivity index (χ4v) is 3.13. The molecule has 1 aliphatic heterocycles. The van der Waals surface area contributed by atoms with Gasteiger partial charge < -0.3 is 4.57 Å². The SMILES string of the molecule is Cn1ccnc1CN1CCN(Cc2ccccc2Br)CC1. The summed E-state index contributed by atoms with van der Waals surface area (Å²) in [5.74, 6) is 1.15. The summed E-state index contributed by atoms with van der Waals surface area (Å²) in [6.45, 7) is 6.43. The molecule has 3 rings (SSSR count). The van der Waals surface area contributed by atoms with Crippen molar-refractivity contribution < 1.29 is 0 Å². The average molecular weight is 349 g/mol. The minimum absolute atomic E-state index is 0.951. The average Bonchev–Trinajstić information content (AvgIpc) is 2.89. The van der Waals surface area contributed by atoms with Crippen LogP contribution in [0.2, 0.25) is 0 Å². The highest BCUT2D eigenvalue weighted by Gasteiger charge is 2.18. The second-order valence-electron chi connectivity index (χ2n) is 5.60. The predicted octanol–water partition coefficient (Wildman–Crippen LogP) is 2.50. The molecule has 0 amide bonds. The van der Waals surface area contributed by atoms with Crippen LogP contribution in [0.4, 0.5) is 0 Å². The van der Waals surface area contributed by atoms with E-state index < -0.39 is 0 Å². The molecule has 0 atom stereocenters. The smallest absolute Gasteiger partial charge is 0.122 e. The van der Waals surface area contributed by atoms with Gasteiger partial charge in [0.2, 0.25) is 0 Å². The number of piperazine rings is 1. The maximum atomic E-state index is 4.41. The molecule has 5 heteroatoms. The molecule has 0 N–H and O–H groups in total. The Balaban J connectivity index is 1.51. The van der Waals surface area contributed by atoms with Gasteiger partial charge in [-0.3, -0.25) is 9.80 Å². The Labute approximate surface area is 134 Å². The summed E-state index contributed by atoms with van der Waals surface area (Å²) >= 11 is 3.63. The first-order chi connectivity index (χ1) is 10.2. The molecule has 0 radical (unpaired) electrons. The van der Waals surface area contributed by atoms with Crippen molar-refractivity contribution in [3.8, 4) is 0 Å². The second-order valence-corrected chi connectivity index (χ2v) is 6.45. The maximum Gasteiger partial charge on any atom is 0.122 e. The number of nitrogens with zero attached hydrogens (tertiary/aromatic N) is 4. The van der Waals surface area contributed by atoms with E-state index >= 15 is 0 Å². The van der Waals surface area contributed by atoms with Gasteiger partial charge in [-0.25, -0.2) is 4.98 Å². The van der Waals surface area contributed by atoms with Gasteiger partial charge in [0.1, 0.15) is 5.82 Å². The fourth-order valence-electron chi connectivity index (χ4n) is 2.72. The van der Waals surface area contributed by atoms with Crippen LogP contribution in [0.3, 0.4) is 0 Å². The number of aromatic nitrogens is 2. The Kier molecular flexibility index (Phi) is 4.73. The van der Waals surface area contributed by atoms with Crippen LogP contribution < -0.4 is 0 Å². The highest BCUT2D eigenvalue weighted by Crippen LogP contribution is 2.18. The quantitative estimate of drug-likeness (QED) is 0.848. The summed E-state index contributed by atoms with van der Waals surface area (Å²) in [5, 5.41) is 0. The third-order valence-corrected chi connectivity index (χ3v) is 4.88. The lowest BCUT2D eigenvalue weighted by Gasteiger charge is -2.34. The highest BCUT2D eigenvalue weighted by atomic mass is 79.9. The van der Waals surface area contributed by atoms with Crippen LogP contribution in [0.15, 0.2) is 41.1 Å². The molecule has 0 bridgehead atoms. The van der Waals surface area contributed by atoms with Crippen LogP contribution in [0, 0.1) is 0 Å². The summed E-state index contributed by atoms with van der Waals surface area (Å²) in [5.41, 5.74) is 1.37. The molecule has 1 saturated heterocycles. The number of hydrogen-bond donors (Lipinski definition) is 0. The number of halogens is 1. The molecule has 2 aromatic rings. The molecule has 2 heterocycles. The minimum atomic E-state index is 0.951. The molecule has 0 spiro atoms. The molecule has 4 nitrogen and oxygen atoms in total. The van der Waals surface area contributed by atoms with Gasteiger partial charge in [-0.2, -0.15) is 0 Å². The monoisotopic (exact) mass is 348 g/mol. The number of imidazole rings is 1. The van der Waals surface area contributed by atoms with Crippen molar-refractivity contribution in [2.24, 2.45) is 7.05 Å². The third-order valence-electron chi connectivity index (χ3n) is 4.10. The molecule has 1 fully saturated rings. The standard InChI is InChI=1S/C16H21BrN4/c1-19-7-6-18-16(19)13-21-10-8-20(9-11-21)12-14-4-2-3-5-15(14)17/h2-7H,8-13H2,1H3. The van der Waals surface area contributed by atoms with Gasteiger partial charge in [0.05, 0.1) is 6.54 Å². The summed E-state index contributed by atoms with van der Waals surface area (Å²) < 4.78 is 3.31. The van der Waals surface area contributed by atoms with E-state index in [1.54, 1.807) is 0 Å². The Morgan fingerprint density at radius 1 is 1.05 bits per heavy atom. The lowest BCUT2D eigenvalue weighted by molar-refractivity contribution is 0.119. The first kappa shape index (κ1) is 14.8. The summed E-state index contributed by atoms with van der Waals surface area (Å²) in [7, 11) is 2.06. The molecule has 0 saturated carbocycles. The molecule has 1 aliphatic rings. The third kappa shape index (κ3) is 3.73. The first-order valence-corrected chi connectivity index (χ1v) is 8.16. The fraction of sp³-hybridized carbons (Fsp3) is 0.438. The molecule has 0 unspecified atom stereocenters. The minimum Gasteiger partial charge on any atom is -0.337 e. The van der Waals surface area contributed by atoms with Crippen LogP contribution in [0.1, 0.15) is 11.4 Å². The summed E-state index contributed by atoms with van der Waals surface area (Å²) in [6.07, 6.45) is 3.89. The van der Waals surface area contributed by atoms with Crippen molar-refractivity contribution in [3.05, 3.63) is 52.5 Å². The van der Waals surface area contributed by atoms with E-state index in [2.05, 4.69) is 66.6 Å². The van der Waals surface area contributed by atoms with Crippen molar-refractivity contribution >= 4 is 15.9 Å². The van der Waals surface area contributed by atoms with Gasteiger partial charge >= 0.3 is 0 Å². The Morgan fingerprint density at radius 3 is 2.33 bits per heavy atom. The van der Waals surface area contributed by atoms with E-state index in [4.69, 9.17) is 0 Å². The predicted molar refractivity (Wildman–Crippen MR) is 87.9 cm³/mol. The number of benzene rings is 1. The van der Waals surface area contributed by atoms with Crippen LogP contribution in [-0.2, 0) is 20.1 Å². The van der Waals surface area contributed by atoms with Crippen LogP contribution in [0.5, 0.6) is 0 Å². The Hall–Kier alpha value is -1.17. The largest absolute Gasteiger partial charge is 0.337 e. The molecule has 1 aromatic heterocycles. The van der Waals surface area contributed by atoms with E-state index in [-0.39, 0.29) is 0 Å². The van der Waals surface area contributed by atoms with E-state index in [0.29, 0.717) is 0 Å². The van der Waals surface area contributed by atoms with Gasteiger partial charge in [0.25, 0.3) is 0 Å². The summed E-state index contributed by atoms with van der Waals surface area (Å²) in [6, 6.07) is 8.49. The van der Waals surface area contributed by atoms with Crippen molar-refractivity contribution in [1.82, 2.24) is 19.4 Å². The van der Waals surface area contributed by atoms with E-state index in [1.165, 1.54) is 10.0 Å². The summed E-state index contributed by atoms with van der Waals surface area (Å²) in [4.78, 5) is 9.42. The van der Waals surface area contributed by atoms with Crippen molar-refractivity contribution in [1.29, 1.82) is 0 Å². The van der Waals surface area contributed by atoms with E-state index in [0.717, 1.165) is 45.1 Å². The van der Waals surface area contributed by atoms with Gasteiger partial charge in [-0.05, 0) is 11.6 Å². The normalized spacial score (nSPS) is 17.2. The molecule has 1 aromatic carbocycles. The molecule has 21 heavy (non-hydrogen) atoms. The second kappa shape index (κ2) is 6.73. The Morgan fingerprint density at radius 2 is 1.71 bits per heavy atom. The highest BCUT2D eigenvalue weighted by molar-refractivity contribution is 9.10. The van der Waals surface area contributed by atoms with E-state index in [1.807, 2.05) is 12.4 Å². The zero-order valence-corrected chi connectivity index (χ0v) is 14.0. The molecular weight excluding hydrogens is 328 g/mol. The van der Waals surface area contributed by atoms with Crippen LogP contribution in [0.25, 0.3) is 0 Å². The maximum absolute atomic E-state index is 4.41. The van der Waals surface area contributed by atoms with Crippen LogP contribution in [-0.4, -0.2) is 45.5 Å². The molecule has 112 valence electrons. The Bertz CT molecular complexity index is 587. The molecule has 0 aliphatic carbocycles. The van der Waals surface area contributed by atoms with Gasteiger partial charge in [-0.1, -0.05) is 34.1 Å². The van der Waals surface area contributed by atoms with Gasteiger partial charge in [0, 0.05) is 56.6 Å². The molecular formula is C16H21BrN4. The van der Waals surface area contributed by atoms with Crippen molar-refractivity contribution in [3.63, 3.8) is 0 Å². The topological polar surface area (TPSA) is 24.3 Å².